The molecule has 0 spiro atoms. The predicted octanol–water partition coefficient (Wildman–Crippen LogP) is 3.56. The van der Waals surface area contributed by atoms with Gasteiger partial charge < -0.3 is 19.5 Å². The topological polar surface area (TPSA) is 39.7 Å². The highest BCUT2D eigenvalue weighted by atomic mass is 16.5. The van der Waals surface area contributed by atoms with E-state index in [1.807, 2.05) is 27.0 Å². The van der Waals surface area contributed by atoms with Gasteiger partial charge in [-0.2, -0.15) is 0 Å². The third-order valence-electron chi connectivity index (χ3n) is 3.57. The van der Waals surface area contributed by atoms with Gasteiger partial charge in [-0.05, 0) is 58.9 Å². The Hall–Kier alpha value is -1.26. The fourth-order valence-corrected chi connectivity index (χ4v) is 2.25. The van der Waals surface area contributed by atoms with E-state index in [0.717, 1.165) is 17.9 Å². The van der Waals surface area contributed by atoms with Gasteiger partial charge in [-0.25, -0.2) is 0 Å². The minimum atomic E-state index is -0.182. The Morgan fingerprint density at radius 2 is 1.71 bits per heavy atom. The summed E-state index contributed by atoms with van der Waals surface area (Å²) in [5, 5.41) is 3.35. The van der Waals surface area contributed by atoms with Gasteiger partial charge in [-0.1, -0.05) is 6.07 Å². The lowest BCUT2D eigenvalue weighted by Crippen LogP contribution is -2.30. The van der Waals surface area contributed by atoms with E-state index in [2.05, 4.69) is 31.3 Å². The van der Waals surface area contributed by atoms with Gasteiger partial charge in [0.1, 0.15) is 0 Å². The molecule has 1 N–H and O–H groups in total. The molecule has 0 amide bonds. The number of ether oxygens (including phenoxy) is 3. The minimum absolute atomic E-state index is 0.182. The van der Waals surface area contributed by atoms with Crippen LogP contribution in [0.2, 0.25) is 0 Å². The van der Waals surface area contributed by atoms with Gasteiger partial charge in [-0.3, -0.25) is 0 Å². The Bertz CT molecular complexity index is 432. The molecule has 0 bridgehead atoms. The summed E-state index contributed by atoms with van der Waals surface area (Å²) in [5.74, 6) is 1.59. The molecule has 1 aromatic rings. The second-order valence-corrected chi connectivity index (χ2v) is 5.58. The highest BCUT2D eigenvalue weighted by Gasteiger charge is 2.23. The van der Waals surface area contributed by atoms with Gasteiger partial charge in [0.05, 0.1) is 18.8 Å². The molecule has 1 rings (SSSR count). The Morgan fingerprint density at radius 3 is 2.24 bits per heavy atom. The van der Waals surface area contributed by atoms with Crippen molar-refractivity contribution in [3.8, 4) is 11.5 Å². The van der Waals surface area contributed by atoms with Crippen molar-refractivity contribution in [1.82, 2.24) is 5.32 Å². The van der Waals surface area contributed by atoms with Crippen LogP contribution < -0.4 is 14.8 Å². The fraction of sp³-hybridized carbons (Fsp3) is 0.647. The average molecular weight is 295 g/mol. The summed E-state index contributed by atoms with van der Waals surface area (Å²) in [7, 11) is 3.71. The Morgan fingerprint density at radius 1 is 1.10 bits per heavy atom. The summed E-state index contributed by atoms with van der Waals surface area (Å²) in [6.45, 7) is 9.39. The average Bonchev–Trinajstić information content (AvgIpc) is 2.47. The zero-order chi connectivity index (χ0) is 15.9. The molecule has 0 saturated carbocycles. The zero-order valence-electron chi connectivity index (χ0n) is 14.2. The van der Waals surface area contributed by atoms with Crippen molar-refractivity contribution in [3.63, 3.8) is 0 Å². The van der Waals surface area contributed by atoms with Gasteiger partial charge in [0, 0.05) is 13.2 Å². The molecular formula is C17H29NO3. The maximum atomic E-state index is 5.70. The van der Waals surface area contributed by atoms with Crippen LogP contribution in [0.4, 0.5) is 0 Å². The molecule has 0 fully saturated rings. The molecule has 0 aromatic heterocycles. The molecule has 0 aliphatic carbocycles. The largest absolute Gasteiger partial charge is 0.490 e. The van der Waals surface area contributed by atoms with Crippen molar-refractivity contribution in [3.05, 3.63) is 23.8 Å². The van der Waals surface area contributed by atoms with Gasteiger partial charge in [0.2, 0.25) is 0 Å². The van der Waals surface area contributed by atoms with E-state index in [1.165, 1.54) is 5.56 Å². The first-order chi connectivity index (χ1) is 9.97. The quantitative estimate of drug-likeness (QED) is 0.756. The molecule has 0 aliphatic rings. The van der Waals surface area contributed by atoms with E-state index >= 15 is 0 Å². The number of methoxy groups -OCH3 is 1. The van der Waals surface area contributed by atoms with Crippen molar-refractivity contribution >= 4 is 0 Å². The number of benzene rings is 1. The number of hydrogen-bond acceptors (Lipinski definition) is 4. The normalized spacial score (nSPS) is 13.0. The lowest BCUT2D eigenvalue weighted by Gasteiger charge is -2.29. The Balaban J connectivity index is 3.01. The maximum Gasteiger partial charge on any atom is 0.161 e. The molecule has 1 atom stereocenters. The van der Waals surface area contributed by atoms with Crippen LogP contribution in [0.1, 0.15) is 45.7 Å². The summed E-state index contributed by atoms with van der Waals surface area (Å²) >= 11 is 0. The van der Waals surface area contributed by atoms with Crippen LogP contribution in [-0.4, -0.2) is 33.0 Å². The van der Waals surface area contributed by atoms with Gasteiger partial charge >= 0.3 is 0 Å². The molecular weight excluding hydrogens is 266 g/mol. The molecule has 1 unspecified atom stereocenters. The van der Waals surface area contributed by atoms with Crippen LogP contribution in [0.5, 0.6) is 11.5 Å². The van der Waals surface area contributed by atoms with E-state index in [0.29, 0.717) is 13.2 Å². The summed E-state index contributed by atoms with van der Waals surface area (Å²) in [6.07, 6.45) is 0.875. The van der Waals surface area contributed by atoms with Gasteiger partial charge in [0.15, 0.2) is 11.5 Å². The minimum Gasteiger partial charge on any atom is -0.490 e. The smallest absolute Gasteiger partial charge is 0.161 e. The van der Waals surface area contributed by atoms with Crippen molar-refractivity contribution in [1.29, 1.82) is 0 Å². The first-order valence-electron chi connectivity index (χ1n) is 7.59. The second-order valence-electron chi connectivity index (χ2n) is 5.58. The second kappa shape index (κ2) is 8.25. The van der Waals surface area contributed by atoms with E-state index in [1.54, 1.807) is 7.11 Å². The summed E-state index contributed by atoms with van der Waals surface area (Å²) in [4.78, 5) is 0. The van der Waals surface area contributed by atoms with E-state index in [-0.39, 0.29) is 11.6 Å². The van der Waals surface area contributed by atoms with E-state index in [9.17, 15) is 0 Å². The lowest BCUT2D eigenvalue weighted by molar-refractivity contribution is 0.00742. The van der Waals surface area contributed by atoms with Crippen LogP contribution in [0.15, 0.2) is 18.2 Å². The predicted molar refractivity (Wildman–Crippen MR) is 86.3 cm³/mol. The molecule has 4 heteroatoms. The van der Waals surface area contributed by atoms with Crippen LogP contribution in [0, 0.1) is 0 Å². The van der Waals surface area contributed by atoms with Gasteiger partial charge in [-0.15, -0.1) is 0 Å². The monoisotopic (exact) mass is 295 g/mol. The summed E-state index contributed by atoms with van der Waals surface area (Å²) in [6, 6.07) is 6.32. The number of nitrogens with one attached hydrogen (secondary N) is 1. The first-order valence-corrected chi connectivity index (χ1v) is 7.59. The van der Waals surface area contributed by atoms with E-state index in [4.69, 9.17) is 14.2 Å². The molecule has 120 valence electrons. The molecule has 21 heavy (non-hydrogen) atoms. The van der Waals surface area contributed by atoms with Crippen LogP contribution >= 0.6 is 0 Å². The van der Waals surface area contributed by atoms with Crippen LogP contribution in [0.3, 0.4) is 0 Å². The molecule has 1 aromatic carbocycles. The SMILES string of the molecule is CCOc1ccc(C(CC(C)(C)OC)NC)cc1OCC. The number of hydrogen-bond donors (Lipinski definition) is 1. The fourth-order valence-electron chi connectivity index (χ4n) is 2.25. The first kappa shape index (κ1) is 17.8. The standard InChI is InChI=1S/C17H29NO3/c1-7-20-15-10-9-13(11-16(15)21-8-2)14(18-5)12-17(3,4)19-6/h9-11,14,18H,7-8,12H2,1-6H3. The van der Waals surface area contributed by atoms with Crippen molar-refractivity contribution in [2.45, 2.75) is 45.8 Å². The molecule has 0 radical (unpaired) electrons. The van der Waals surface area contributed by atoms with Crippen molar-refractivity contribution in [2.75, 3.05) is 27.4 Å². The van der Waals surface area contributed by atoms with Crippen LogP contribution in [-0.2, 0) is 4.74 Å². The maximum absolute atomic E-state index is 5.70. The third-order valence-corrected chi connectivity index (χ3v) is 3.57. The molecule has 0 saturated heterocycles. The summed E-state index contributed by atoms with van der Waals surface area (Å²) < 4.78 is 16.8. The number of rotatable bonds is 9. The highest BCUT2D eigenvalue weighted by molar-refractivity contribution is 5.44. The lowest BCUT2D eigenvalue weighted by atomic mass is 9.93. The molecule has 0 aliphatic heterocycles. The third kappa shape index (κ3) is 5.21. The highest BCUT2D eigenvalue weighted by Crippen LogP contribution is 2.33. The Labute approximate surface area is 128 Å². The zero-order valence-corrected chi connectivity index (χ0v) is 14.2. The Kier molecular flexibility index (Phi) is 6.99. The molecule has 0 heterocycles. The van der Waals surface area contributed by atoms with Crippen molar-refractivity contribution < 1.29 is 14.2 Å². The van der Waals surface area contributed by atoms with Crippen LogP contribution in [0.25, 0.3) is 0 Å². The van der Waals surface area contributed by atoms with Crippen molar-refractivity contribution in [2.24, 2.45) is 0 Å². The molecule has 4 nitrogen and oxygen atoms in total. The summed E-state index contributed by atoms with van der Waals surface area (Å²) in [5.41, 5.74) is 0.993. The van der Waals surface area contributed by atoms with Gasteiger partial charge in [0.25, 0.3) is 0 Å². The van der Waals surface area contributed by atoms with E-state index < -0.39 is 0 Å².